The molecule has 0 spiro atoms. The van der Waals surface area contributed by atoms with Crippen LogP contribution in [0.2, 0.25) is 5.02 Å². The van der Waals surface area contributed by atoms with Gasteiger partial charge >= 0.3 is 0 Å². The molecule has 1 atom stereocenters. The molecule has 0 radical (unpaired) electrons. The van der Waals surface area contributed by atoms with Crippen molar-refractivity contribution in [3.05, 3.63) is 70.2 Å². The third-order valence-electron chi connectivity index (χ3n) is 3.19. The van der Waals surface area contributed by atoms with E-state index in [1.165, 1.54) is 5.56 Å². The highest BCUT2D eigenvalue weighted by Crippen LogP contribution is 2.25. The van der Waals surface area contributed by atoms with Crippen LogP contribution >= 0.6 is 11.6 Å². The number of aliphatic hydroxyl groups is 1. The molecular formula is C16H17ClO. The van der Waals surface area contributed by atoms with Crippen molar-refractivity contribution in [3.8, 4) is 0 Å². The van der Waals surface area contributed by atoms with Gasteiger partial charge in [-0.15, -0.1) is 0 Å². The molecule has 2 aromatic carbocycles. The monoisotopic (exact) mass is 260 g/mol. The zero-order valence-corrected chi connectivity index (χ0v) is 11.2. The summed E-state index contributed by atoms with van der Waals surface area (Å²) >= 11 is 6.16. The van der Waals surface area contributed by atoms with Gasteiger partial charge in [-0.25, -0.2) is 0 Å². The first-order chi connectivity index (χ1) is 8.70. The summed E-state index contributed by atoms with van der Waals surface area (Å²) in [5.74, 6) is 0.102. The van der Waals surface area contributed by atoms with Gasteiger partial charge in [0.1, 0.15) is 0 Å². The zero-order chi connectivity index (χ0) is 13.0. The van der Waals surface area contributed by atoms with Crippen LogP contribution in [0, 0.1) is 6.92 Å². The van der Waals surface area contributed by atoms with Crippen molar-refractivity contribution in [2.45, 2.75) is 19.3 Å². The summed E-state index contributed by atoms with van der Waals surface area (Å²) in [5, 5.41) is 10.3. The Morgan fingerprint density at radius 2 is 1.72 bits per heavy atom. The summed E-state index contributed by atoms with van der Waals surface area (Å²) in [4.78, 5) is 0. The Hall–Kier alpha value is -1.31. The molecule has 2 aromatic rings. The van der Waals surface area contributed by atoms with Crippen LogP contribution in [-0.4, -0.2) is 11.7 Å². The van der Waals surface area contributed by atoms with Crippen molar-refractivity contribution in [2.24, 2.45) is 0 Å². The molecule has 0 aliphatic heterocycles. The molecular weight excluding hydrogens is 244 g/mol. The van der Waals surface area contributed by atoms with E-state index in [-0.39, 0.29) is 12.5 Å². The maximum Gasteiger partial charge on any atom is 0.0502 e. The Bertz CT molecular complexity index is 505. The molecule has 0 aliphatic carbocycles. The lowest BCUT2D eigenvalue weighted by molar-refractivity contribution is 0.264. The molecule has 1 unspecified atom stereocenters. The molecule has 2 rings (SSSR count). The topological polar surface area (TPSA) is 20.2 Å². The van der Waals surface area contributed by atoms with E-state index in [0.29, 0.717) is 0 Å². The quantitative estimate of drug-likeness (QED) is 0.882. The fourth-order valence-electron chi connectivity index (χ4n) is 2.06. The van der Waals surface area contributed by atoms with E-state index in [9.17, 15) is 5.11 Å². The maximum absolute atomic E-state index is 9.56. The van der Waals surface area contributed by atoms with E-state index in [2.05, 4.69) is 31.2 Å². The number of hydrogen-bond donors (Lipinski definition) is 1. The highest BCUT2D eigenvalue weighted by atomic mass is 35.5. The van der Waals surface area contributed by atoms with Crippen LogP contribution in [0.4, 0.5) is 0 Å². The summed E-state index contributed by atoms with van der Waals surface area (Å²) < 4.78 is 0. The van der Waals surface area contributed by atoms with Crippen molar-refractivity contribution in [1.29, 1.82) is 0 Å². The van der Waals surface area contributed by atoms with Crippen LogP contribution in [0.1, 0.15) is 22.6 Å². The largest absolute Gasteiger partial charge is 0.396 e. The summed E-state index contributed by atoms with van der Waals surface area (Å²) in [6.07, 6.45) is 0.763. The molecule has 0 heterocycles. The van der Waals surface area contributed by atoms with E-state index < -0.39 is 0 Å². The summed E-state index contributed by atoms with van der Waals surface area (Å²) in [7, 11) is 0. The Labute approximate surface area is 113 Å². The predicted octanol–water partition coefficient (Wildman–Crippen LogP) is 3.97. The standard InChI is InChI=1S/C16H17ClO/c1-12-6-8-13(9-7-12)15(11-18)10-14-4-2-3-5-16(14)17/h2-9,15,18H,10-11H2,1H3. The van der Waals surface area contributed by atoms with Crippen LogP contribution in [-0.2, 0) is 6.42 Å². The summed E-state index contributed by atoms with van der Waals surface area (Å²) in [5.41, 5.74) is 3.47. The van der Waals surface area contributed by atoms with Gasteiger partial charge in [0.2, 0.25) is 0 Å². The molecule has 0 saturated carbocycles. The number of benzene rings is 2. The fourth-order valence-corrected chi connectivity index (χ4v) is 2.27. The lowest BCUT2D eigenvalue weighted by Gasteiger charge is -2.15. The van der Waals surface area contributed by atoms with Crippen molar-refractivity contribution < 1.29 is 5.11 Å². The Morgan fingerprint density at radius 1 is 1.06 bits per heavy atom. The first kappa shape index (κ1) is 13.1. The second-order valence-electron chi connectivity index (χ2n) is 4.59. The van der Waals surface area contributed by atoms with Crippen LogP contribution in [0.15, 0.2) is 48.5 Å². The summed E-state index contributed by atoms with van der Waals surface area (Å²) in [6, 6.07) is 16.1. The average Bonchev–Trinajstić information content (AvgIpc) is 2.39. The van der Waals surface area contributed by atoms with Crippen molar-refractivity contribution in [2.75, 3.05) is 6.61 Å². The van der Waals surface area contributed by atoms with E-state index in [1.54, 1.807) is 0 Å². The van der Waals surface area contributed by atoms with Crippen LogP contribution in [0.3, 0.4) is 0 Å². The van der Waals surface area contributed by atoms with Crippen molar-refractivity contribution in [1.82, 2.24) is 0 Å². The fraction of sp³-hybridized carbons (Fsp3) is 0.250. The van der Waals surface area contributed by atoms with E-state index in [0.717, 1.165) is 22.6 Å². The normalized spacial score (nSPS) is 12.4. The van der Waals surface area contributed by atoms with Gasteiger partial charge in [0.25, 0.3) is 0 Å². The van der Waals surface area contributed by atoms with Crippen LogP contribution < -0.4 is 0 Å². The number of halogens is 1. The van der Waals surface area contributed by atoms with Crippen molar-refractivity contribution >= 4 is 11.6 Å². The first-order valence-corrected chi connectivity index (χ1v) is 6.49. The van der Waals surface area contributed by atoms with Crippen molar-refractivity contribution in [3.63, 3.8) is 0 Å². The SMILES string of the molecule is Cc1ccc(C(CO)Cc2ccccc2Cl)cc1. The summed E-state index contributed by atoms with van der Waals surface area (Å²) in [6.45, 7) is 2.19. The molecule has 0 bridgehead atoms. The van der Waals surface area contributed by atoms with Crippen LogP contribution in [0.25, 0.3) is 0 Å². The van der Waals surface area contributed by atoms with Gasteiger partial charge in [-0.3, -0.25) is 0 Å². The molecule has 94 valence electrons. The van der Waals surface area contributed by atoms with Gasteiger partial charge in [0.05, 0.1) is 6.61 Å². The van der Waals surface area contributed by atoms with Crippen LogP contribution in [0.5, 0.6) is 0 Å². The number of aliphatic hydroxyl groups excluding tert-OH is 1. The van der Waals surface area contributed by atoms with Gasteiger partial charge in [-0.2, -0.15) is 0 Å². The minimum absolute atomic E-state index is 0.102. The molecule has 18 heavy (non-hydrogen) atoms. The molecule has 0 aliphatic rings. The van der Waals surface area contributed by atoms with Gasteiger partial charge in [-0.05, 0) is 30.5 Å². The highest BCUT2D eigenvalue weighted by Gasteiger charge is 2.12. The minimum Gasteiger partial charge on any atom is -0.396 e. The smallest absolute Gasteiger partial charge is 0.0502 e. The minimum atomic E-state index is 0.102. The number of hydrogen-bond acceptors (Lipinski definition) is 1. The highest BCUT2D eigenvalue weighted by molar-refractivity contribution is 6.31. The lowest BCUT2D eigenvalue weighted by atomic mass is 9.92. The molecule has 0 saturated heterocycles. The molecule has 0 fully saturated rings. The maximum atomic E-state index is 9.56. The van der Waals surface area contributed by atoms with Gasteiger partial charge in [0, 0.05) is 10.9 Å². The molecule has 0 amide bonds. The van der Waals surface area contributed by atoms with Gasteiger partial charge in [0.15, 0.2) is 0 Å². The molecule has 2 heteroatoms. The zero-order valence-electron chi connectivity index (χ0n) is 10.4. The Balaban J connectivity index is 2.20. The lowest BCUT2D eigenvalue weighted by Crippen LogP contribution is -2.08. The van der Waals surface area contributed by atoms with Gasteiger partial charge < -0.3 is 5.11 Å². The van der Waals surface area contributed by atoms with E-state index in [1.807, 2.05) is 24.3 Å². The van der Waals surface area contributed by atoms with E-state index >= 15 is 0 Å². The third-order valence-corrected chi connectivity index (χ3v) is 3.56. The third kappa shape index (κ3) is 3.12. The number of aryl methyl sites for hydroxylation is 1. The first-order valence-electron chi connectivity index (χ1n) is 6.11. The van der Waals surface area contributed by atoms with Gasteiger partial charge in [-0.1, -0.05) is 59.6 Å². The predicted molar refractivity (Wildman–Crippen MR) is 76.2 cm³/mol. The Morgan fingerprint density at radius 3 is 2.33 bits per heavy atom. The van der Waals surface area contributed by atoms with E-state index in [4.69, 9.17) is 11.6 Å². The number of rotatable bonds is 4. The second kappa shape index (κ2) is 6.03. The average molecular weight is 261 g/mol. The molecule has 1 N–H and O–H groups in total. The molecule has 1 nitrogen and oxygen atoms in total. The Kier molecular flexibility index (Phi) is 4.40. The second-order valence-corrected chi connectivity index (χ2v) is 4.99. The molecule has 0 aromatic heterocycles.